The lowest BCUT2D eigenvalue weighted by atomic mass is 9.67. The molecular formula is C32H43FN6O5. The van der Waals surface area contributed by atoms with Gasteiger partial charge in [0.15, 0.2) is 5.69 Å². The first-order valence-corrected chi connectivity index (χ1v) is 15.2. The first-order valence-electron chi connectivity index (χ1n) is 15.2. The SMILES string of the molecule is Cc1cc(CNC(=O)c2nc3n(c(=O)c2O)CC2(CN4CCCC4(C)C)CCC3(N(C)C(=O)C(=O)N(C)C)CC2)ccc1F. The minimum Gasteiger partial charge on any atom is -0.501 e. The number of hydrogen-bond acceptors (Lipinski definition) is 7. The number of rotatable bonds is 6. The van der Waals surface area contributed by atoms with Gasteiger partial charge >= 0.3 is 11.8 Å². The molecule has 1 aliphatic carbocycles. The van der Waals surface area contributed by atoms with Crippen LogP contribution in [0.1, 0.15) is 79.8 Å². The predicted octanol–water partition coefficient (Wildman–Crippen LogP) is 2.52. The van der Waals surface area contributed by atoms with E-state index in [4.69, 9.17) is 0 Å². The van der Waals surface area contributed by atoms with Gasteiger partial charge in [0.25, 0.3) is 11.5 Å². The molecule has 3 amide bonds. The van der Waals surface area contributed by atoms with Gasteiger partial charge in [0, 0.05) is 51.7 Å². The molecule has 0 atom stereocenters. The van der Waals surface area contributed by atoms with Crippen molar-refractivity contribution in [3.05, 3.63) is 57.0 Å². The number of hydrogen-bond donors (Lipinski definition) is 2. The van der Waals surface area contributed by atoms with Crippen LogP contribution in [0.25, 0.3) is 0 Å². The first kappa shape index (κ1) is 31.6. The summed E-state index contributed by atoms with van der Waals surface area (Å²) in [5, 5.41) is 13.8. The molecule has 2 fully saturated rings. The molecule has 44 heavy (non-hydrogen) atoms. The van der Waals surface area contributed by atoms with Gasteiger partial charge in [-0.1, -0.05) is 12.1 Å². The van der Waals surface area contributed by atoms with E-state index in [0.717, 1.165) is 25.9 Å². The van der Waals surface area contributed by atoms with Crippen LogP contribution in [0.15, 0.2) is 23.0 Å². The van der Waals surface area contributed by atoms with Gasteiger partial charge in [-0.2, -0.15) is 0 Å². The third-order valence-electron chi connectivity index (χ3n) is 10.2. The van der Waals surface area contributed by atoms with Crippen molar-refractivity contribution in [1.82, 2.24) is 29.6 Å². The highest BCUT2D eigenvalue weighted by molar-refractivity contribution is 6.34. The Morgan fingerprint density at radius 2 is 1.75 bits per heavy atom. The van der Waals surface area contributed by atoms with Gasteiger partial charge in [-0.15, -0.1) is 0 Å². The fourth-order valence-corrected chi connectivity index (χ4v) is 7.28. The smallest absolute Gasteiger partial charge is 0.312 e. The van der Waals surface area contributed by atoms with E-state index in [-0.39, 0.29) is 35.7 Å². The van der Waals surface area contributed by atoms with Gasteiger partial charge in [0.2, 0.25) is 5.75 Å². The highest BCUT2D eigenvalue weighted by Gasteiger charge is 2.55. The van der Waals surface area contributed by atoms with E-state index in [1.807, 2.05) is 0 Å². The number of likely N-dealkylation sites (tertiary alicyclic amines) is 1. The lowest BCUT2D eigenvalue weighted by Crippen LogP contribution is -2.55. The molecule has 0 spiro atoms. The summed E-state index contributed by atoms with van der Waals surface area (Å²) in [5.41, 5.74) is -1.59. The topological polar surface area (TPSA) is 128 Å². The van der Waals surface area contributed by atoms with Crippen LogP contribution in [0.3, 0.4) is 0 Å². The molecule has 6 rings (SSSR count). The lowest BCUT2D eigenvalue weighted by molar-refractivity contribution is -0.155. The molecule has 3 aliphatic heterocycles. The quantitative estimate of drug-likeness (QED) is 0.481. The Labute approximate surface area is 257 Å². The molecule has 4 aliphatic rings. The van der Waals surface area contributed by atoms with E-state index >= 15 is 0 Å². The Bertz CT molecular complexity index is 1560. The van der Waals surface area contributed by atoms with Crippen LogP contribution in [0, 0.1) is 18.2 Å². The monoisotopic (exact) mass is 610 g/mol. The maximum atomic E-state index is 13.9. The maximum Gasteiger partial charge on any atom is 0.312 e. The predicted molar refractivity (Wildman–Crippen MR) is 161 cm³/mol. The zero-order chi connectivity index (χ0) is 32.2. The third-order valence-corrected chi connectivity index (χ3v) is 10.2. The van der Waals surface area contributed by atoms with E-state index in [9.17, 15) is 28.7 Å². The summed E-state index contributed by atoms with van der Waals surface area (Å²) in [6.45, 7) is 8.07. The molecule has 2 aromatic rings. The molecular weight excluding hydrogens is 567 g/mol. The summed E-state index contributed by atoms with van der Waals surface area (Å²) in [4.78, 5) is 63.3. The lowest BCUT2D eigenvalue weighted by Gasteiger charge is -2.48. The molecule has 1 saturated heterocycles. The van der Waals surface area contributed by atoms with Crippen molar-refractivity contribution >= 4 is 17.7 Å². The Hall–Kier alpha value is -3.80. The Morgan fingerprint density at radius 1 is 1.07 bits per heavy atom. The Kier molecular flexibility index (Phi) is 8.11. The number of carbonyl (C=O) groups excluding carboxylic acids is 3. The number of aromatic hydroxyl groups is 1. The Morgan fingerprint density at radius 3 is 2.34 bits per heavy atom. The van der Waals surface area contributed by atoms with Crippen molar-refractivity contribution < 1.29 is 23.9 Å². The molecule has 2 bridgehead atoms. The molecule has 1 aromatic heterocycles. The molecule has 1 aromatic carbocycles. The van der Waals surface area contributed by atoms with E-state index in [1.54, 1.807) is 26.1 Å². The van der Waals surface area contributed by atoms with Crippen molar-refractivity contribution in [2.24, 2.45) is 5.41 Å². The number of nitrogens with zero attached hydrogens (tertiary/aromatic N) is 5. The van der Waals surface area contributed by atoms with Gasteiger partial charge in [0.05, 0.1) is 0 Å². The number of aryl methyl sites for hydroxylation is 1. The second-order valence-corrected chi connectivity index (χ2v) is 13.7. The van der Waals surface area contributed by atoms with E-state index in [2.05, 4.69) is 29.0 Å². The maximum absolute atomic E-state index is 13.9. The molecule has 1 saturated carbocycles. The second-order valence-electron chi connectivity index (χ2n) is 13.7. The highest BCUT2D eigenvalue weighted by atomic mass is 19.1. The Balaban J connectivity index is 1.57. The van der Waals surface area contributed by atoms with E-state index in [0.29, 0.717) is 36.8 Å². The molecule has 2 N–H and O–H groups in total. The number of nitrogens with one attached hydrogen (secondary N) is 1. The van der Waals surface area contributed by atoms with E-state index < -0.39 is 40.3 Å². The molecule has 0 radical (unpaired) electrons. The number of benzene rings is 1. The standard InChI is InChI=1S/C32H43FN6O5/c1-20-16-21(8-9-22(20)33)17-34-25(41)23-24(40)26(42)39-19-31(18-38-15-7-10-30(38,2)3)11-13-32(14-12-31,29(39)35-23)37(6)28(44)27(43)36(4)5/h8-9,16,40H,7,10-15,17-19H2,1-6H3,(H,34,41). The van der Waals surface area contributed by atoms with Crippen LogP contribution in [0.2, 0.25) is 0 Å². The van der Waals surface area contributed by atoms with Crippen LogP contribution < -0.4 is 10.9 Å². The zero-order valence-corrected chi connectivity index (χ0v) is 26.5. The highest BCUT2D eigenvalue weighted by Crippen LogP contribution is 2.53. The third kappa shape index (κ3) is 5.37. The summed E-state index contributed by atoms with van der Waals surface area (Å²) in [5.74, 6) is -3.15. The minimum absolute atomic E-state index is 0.0136. The number of halogens is 1. The summed E-state index contributed by atoms with van der Waals surface area (Å²) in [6, 6.07) is 4.45. The van der Waals surface area contributed by atoms with Gasteiger partial charge in [-0.25, -0.2) is 9.37 Å². The average molecular weight is 611 g/mol. The summed E-state index contributed by atoms with van der Waals surface area (Å²) >= 11 is 0. The first-order chi connectivity index (χ1) is 20.6. The fraction of sp³-hybridized carbons (Fsp3) is 0.594. The molecule has 11 nitrogen and oxygen atoms in total. The minimum atomic E-state index is -1.14. The average Bonchev–Trinajstić information content (AvgIpc) is 3.16. The second kappa shape index (κ2) is 11.3. The van der Waals surface area contributed by atoms with Gasteiger partial charge in [0.1, 0.15) is 17.2 Å². The van der Waals surface area contributed by atoms with Crippen molar-refractivity contribution in [2.45, 2.75) is 83.5 Å². The number of carbonyl (C=O) groups is 3. The van der Waals surface area contributed by atoms with Crippen molar-refractivity contribution in [2.75, 3.05) is 34.2 Å². The van der Waals surface area contributed by atoms with Crippen LogP contribution in [0.5, 0.6) is 5.75 Å². The summed E-state index contributed by atoms with van der Waals surface area (Å²) in [6.07, 6.45) is 4.39. The van der Waals surface area contributed by atoms with Crippen molar-refractivity contribution in [1.29, 1.82) is 0 Å². The van der Waals surface area contributed by atoms with Crippen LogP contribution >= 0.6 is 0 Å². The fourth-order valence-electron chi connectivity index (χ4n) is 7.28. The van der Waals surface area contributed by atoms with Crippen LogP contribution in [-0.4, -0.2) is 86.9 Å². The van der Waals surface area contributed by atoms with E-state index in [1.165, 1.54) is 34.5 Å². The summed E-state index contributed by atoms with van der Waals surface area (Å²) in [7, 11) is 4.55. The molecule has 12 heteroatoms. The van der Waals surface area contributed by atoms with Gasteiger partial charge < -0.3 is 20.2 Å². The number of aromatic nitrogens is 2. The largest absolute Gasteiger partial charge is 0.501 e. The molecule has 238 valence electrons. The number of likely N-dealkylation sites (N-methyl/N-ethyl adjacent to an activating group) is 2. The normalized spacial score (nSPS) is 24.0. The van der Waals surface area contributed by atoms with Crippen molar-refractivity contribution in [3.8, 4) is 5.75 Å². The van der Waals surface area contributed by atoms with Crippen LogP contribution in [-0.2, 0) is 28.2 Å². The number of amides is 3. The van der Waals surface area contributed by atoms with Gasteiger partial charge in [-0.05, 0) is 83.0 Å². The van der Waals surface area contributed by atoms with Crippen LogP contribution in [0.4, 0.5) is 4.39 Å². The van der Waals surface area contributed by atoms with Crippen molar-refractivity contribution in [3.63, 3.8) is 0 Å². The van der Waals surface area contributed by atoms with Gasteiger partial charge in [-0.3, -0.25) is 28.6 Å². The molecule has 4 heterocycles. The molecule has 0 unspecified atom stereocenters. The number of fused-ring (bicyclic) bond motifs is 2. The zero-order valence-electron chi connectivity index (χ0n) is 26.5. The summed E-state index contributed by atoms with van der Waals surface area (Å²) < 4.78 is 15.2.